The number of hydrogen-bond donors (Lipinski definition) is 1. The van der Waals surface area contributed by atoms with Crippen LogP contribution in [-0.2, 0) is 11.3 Å². The molecule has 0 unspecified atom stereocenters. The number of hydrogen-bond acceptors (Lipinski definition) is 8. The Labute approximate surface area is 179 Å². The molecule has 1 amide bonds. The van der Waals surface area contributed by atoms with E-state index in [1.807, 2.05) is 13.8 Å². The molecule has 4 heterocycles. The van der Waals surface area contributed by atoms with Crippen molar-refractivity contribution < 1.29 is 14.1 Å². The number of rotatable bonds is 5. The summed E-state index contributed by atoms with van der Waals surface area (Å²) in [5, 5.41) is 7.62. The van der Waals surface area contributed by atoms with E-state index in [4.69, 9.17) is 14.2 Å². The second-order valence-corrected chi connectivity index (χ2v) is 8.53. The first-order valence-electron chi connectivity index (χ1n) is 9.92. The molecular weight excluding hydrogens is 402 g/mol. The minimum atomic E-state index is -0.307. The van der Waals surface area contributed by atoms with Crippen LogP contribution in [0.15, 0.2) is 22.7 Å². The lowest BCUT2D eigenvalue weighted by Crippen LogP contribution is -2.41. The minimum Gasteiger partial charge on any atom is -0.375 e. The molecule has 0 bridgehead atoms. The smallest absolute Gasteiger partial charge is 0.290 e. The molecule has 1 N–H and O–H groups in total. The standard InChI is InChI=1S/C21H25N5O3S/c1-12-7-16(8-13(2)23-12)19-17(10-22-20(27)18-9-14(3)25-29-18)24-21(30-19)26-5-6-28-15(4)11-26/h7-9,15H,5-6,10-11H2,1-4H3,(H,22,27)/t15-/m0/s1. The van der Waals surface area contributed by atoms with Crippen molar-refractivity contribution >= 4 is 22.4 Å². The fourth-order valence-electron chi connectivity index (χ4n) is 3.50. The summed E-state index contributed by atoms with van der Waals surface area (Å²) < 4.78 is 10.7. The molecule has 3 aromatic heterocycles. The highest BCUT2D eigenvalue weighted by molar-refractivity contribution is 7.19. The summed E-state index contributed by atoms with van der Waals surface area (Å²) in [5.41, 5.74) is 4.45. The van der Waals surface area contributed by atoms with Gasteiger partial charge in [0.25, 0.3) is 5.91 Å². The van der Waals surface area contributed by atoms with Gasteiger partial charge in [-0.15, -0.1) is 0 Å². The SMILES string of the molecule is Cc1cc(C(=O)NCc2nc(N3CCO[C@@H](C)C3)sc2-c2cc(C)nc(C)c2)on1. The molecule has 1 saturated heterocycles. The van der Waals surface area contributed by atoms with Crippen LogP contribution in [0.3, 0.4) is 0 Å². The number of ether oxygens (including phenoxy) is 1. The summed E-state index contributed by atoms with van der Waals surface area (Å²) in [4.78, 5) is 25.1. The molecular formula is C21H25N5O3S. The fourth-order valence-corrected chi connectivity index (χ4v) is 4.60. The van der Waals surface area contributed by atoms with Crippen LogP contribution in [0.5, 0.6) is 0 Å². The molecule has 9 heteroatoms. The molecule has 0 aliphatic carbocycles. The van der Waals surface area contributed by atoms with Crippen molar-refractivity contribution in [3.8, 4) is 10.4 Å². The third kappa shape index (κ3) is 4.52. The van der Waals surface area contributed by atoms with Gasteiger partial charge in [-0.25, -0.2) is 4.98 Å². The monoisotopic (exact) mass is 427 g/mol. The van der Waals surface area contributed by atoms with Crippen LogP contribution in [-0.4, -0.2) is 46.8 Å². The van der Waals surface area contributed by atoms with Crippen LogP contribution >= 0.6 is 11.3 Å². The van der Waals surface area contributed by atoms with Gasteiger partial charge in [-0.1, -0.05) is 16.5 Å². The third-order valence-electron chi connectivity index (χ3n) is 4.81. The van der Waals surface area contributed by atoms with Gasteiger partial charge in [-0.2, -0.15) is 0 Å². The van der Waals surface area contributed by atoms with Gasteiger partial charge in [-0.05, 0) is 45.4 Å². The molecule has 1 aliphatic rings. The number of aryl methyl sites for hydroxylation is 3. The lowest BCUT2D eigenvalue weighted by molar-refractivity contribution is 0.0532. The number of anilines is 1. The first kappa shape index (κ1) is 20.5. The van der Waals surface area contributed by atoms with Gasteiger partial charge in [0.15, 0.2) is 5.13 Å². The van der Waals surface area contributed by atoms with Crippen molar-refractivity contribution in [1.29, 1.82) is 0 Å². The molecule has 158 valence electrons. The quantitative estimate of drug-likeness (QED) is 0.668. The lowest BCUT2D eigenvalue weighted by atomic mass is 10.1. The number of aromatic nitrogens is 3. The number of carbonyl (C=O) groups excluding carboxylic acids is 1. The molecule has 30 heavy (non-hydrogen) atoms. The van der Waals surface area contributed by atoms with E-state index in [0.29, 0.717) is 18.8 Å². The van der Waals surface area contributed by atoms with Crippen LogP contribution in [0.25, 0.3) is 10.4 Å². The van der Waals surface area contributed by atoms with E-state index in [1.165, 1.54) is 0 Å². The molecule has 0 radical (unpaired) electrons. The zero-order valence-corrected chi connectivity index (χ0v) is 18.4. The van der Waals surface area contributed by atoms with E-state index >= 15 is 0 Å². The molecule has 0 aromatic carbocycles. The number of pyridine rings is 1. The van der Waals surface area contributed by atoms with Crippen LogP contribution in [0.1, 0.15) is 40.3 Å². The number of thiazole rings is 1. The van der Waals surface area contributed by atoms with Gasteiger partial charge in [0.05, 0.1) is 35.5 Å². The van der Waals surface area contributed by atoms with Gasteiger partial charge < -0.3 is 19.5 Å². The second kappa shape index (κ2) is 8.53. The normalized spacial score (nSPS) is 16.7. The van der Waals surface area contributed by atoms with Crippen molar-refractivity contribution in [1.82, 2.24) is 20.4 Å². The fraction of sp³-hybridized carbons (Fsp3) is 0.429. The maximum atomic E-state index is 12.4. The molecule has 1 fully saturated rings. The highest BCUT2D eigenvalue weighted by atomic mass is 32.1. The minimum absolute atomic E-state index is 0.161. The van der Waals surface area contributed by atoms with E-state index in [-0.39, 0.29) is 17.8 Å². The highest BCUT2D eigenvalue weighted by Crippen LogP contribution is 2.36. The summed E-state index contributed by atoms with van der Waals surface area (Å²) in [6.45, 7) is 10.4. The van der Waals surface area contributed by atoms with E-state index in [2.05, 4.69) is 39.4 Å². The van der Waals surface area contributed by atoms with Gasteiger partial charge in [0, 0.05) is 30.5 Å². The second-order valence-electron chi connectivity index (χ2n) is 7.55. The number of morpholine rings is 1. The lowest BCUT2D eigenvalue weighted by Gasteiger charge is -2.30. The Morgan fingerprint density at radius 1 is 1.20 bits per heavy atom. The maximum absolute atomic E-state index is 12.4. The summed E-state index contributed by atoms with van der Waals surface area (Å²) in [7, 11) is 0. The van der Waals surface area contributed by atoms with Crippen molar-refractivity contribution in [2.45, 2.75) is 40.3 Å². The summed E-state index contributed by atoms with van der Waals surface area (Å²) in [6, 6.07) is 5.72. The predicted molar refractivity (Wildman–Crippen MR) is 115 cm³/mol. The summed E-state index contributed by atoms with van der Waals surface area (Å²) in [5.74, 6) is -0.111. The van der Waals surface area contributed by atoms with Crippen LogP contribution in [0.4, 0.5) is 5.13 Å². The van der Waals surface area contributed by atoms with E-state index in [0.717, 1.165) is 45.7 Å². The van der Waals surface area contributed by atoms with Gasteiger partial charge >= 0.3 is 0 Å². The molecule has 1 aliphatic heterocycles. The Kier molecular flexibility index (Phi) is 5.83. The molecule has 8 nitrogen and oxygen atoms in total. The molecule has 1 atom stereocenters. The molecule has 4 rings (SSSR count). The van der Waals surface area contributed by atoms with Gasteiger partial charge in [-0.3, -0.25) is 9.78 Å². The molecule has 3 aromatic rings. The first-order valence-corrected chi connectivity index (χ1v) is 10.7. The number of carbonyl (C=O) groups is 1. The van der Waals surface area contributed by atoms with Gasteiger partial charge in [0.2, 0.25) is 5.76 Å². The Balaban J connectivity index is 1.63. The third-order valence-corrected chi connectivity index (χ3v) is 6.02. The van der Waals surface area contributed by atoms with E-state index in [9.17, 15) is 4.79 Å². The highest BCUT2D eigenvalue weighted by Gasteiger charge is 2.23. The zero-order valence-electron chi connectivity index (χ0n) is 17.6. The molecule has 0 saturated carbocycles. The average molecular weight is 428 g/mol. The Bertz CT molecular complexity index is 1040. The Morgan fingerprint density at radius 2 is 1.97 bits per heavy atom. The van der Waals surface area contributed by atoms with Crippen molar-refractivity contribution in [3.63, 3.8) is 0 Å². The topological polar surface area (TPSA) is 93.4 Å². The van der Waals surface area contributed by atoms with Crippen LogP contribution in [0.2, 0.25) is 0 Å². The Hall–Kier alpha value is -2.78. The summed E-state index contributed by atoms with van der Waals surface area (Å²) >= 11 is 1.63. The summed E-state index contributed by atoms with van der Waals surface area (Å²) in [6.07, 6.45) is 0.161. The largest absolute Gasteiger partial charge is 0.375 e. The molecule has 0 spiro atoms. The van der Waals surface area contributed by atoms with E-state index < -0.39 is 0 Å². The van der Waals surface area contributed by atoms with Gasteiger partial charge in [0.1, 0.15) is 0 Å². The van der Waals surface area contributed by atoms with E-state index in [1.54, 1.807) is 24.3 Å². The van der Waals surface area contributed by atoms with Crippen LogP contribution < -0.4 is 10.2 Å². The van der Waals surface area contributed by atoms with Crippen LogP contribution in [0, 0.1) is 20.8 Å². The average Bonchev–Trinajstić information content (AvgIpc) is 3.32. The number of amides is 1. The maximum Gasteiger partial charge on any atom is 0.290 e. The number of nitrogens with zero attached hydrogens (tertiary/aromatic N) is 4. The van der Waals surface area contributed by atoms with Crippen molar-refractivity contribution in [3.05, 3.63) is 46.7 Å². The Morgan fingerprint density at radius 3 is 2.63 bits per heavy atom. The first-order chi connectivity index (χ1) is 14.4. The van der Waals surface area contributed by atoms with Crippen molar-refractivity contribution in [2.75, 3.05) is 24.6 Å². The zero-order chi connectivity index (χ0) is 21.3. The predicted octanol–water partition coefficient (Wildman–Crippen LogP) is 3.27. The van der Waals surface area contributed by atoms with Crippen molar-refractivity contribution in [2.24, 2.45) is 0 Å². The number of nitrogens with one attached hydrogen (secondary N) is 1.